The Morgan fingerprint density at radius 2 is 2.18 bits per heavy atom. The van der Waals surface area contributed by atoms with Crippen LogP contribution in [0.1, 0.15) is 37.4 Å². The van der Waals surface area contributed by atoms with Crippen LogP contribution in [0.2, 0.25) is 0 Å². The van der Waals surface area contributed by atoms with Gasteiger partial charge in [-0.2, -0.15) is 0 Å². The van der Waals surface area contributed by atoms with Crippen molar-refractivity contribution in [3.63, 3.8) is 0 Å². The van der Waals surface area contributed by atoms with E-state index in [2.05, 4.69) is 0 Å². The maximum Gasteiger partial charge on any atom is 0.159 e. The fraction of sp³-hybridized carbons (Fsp3) is 0.538. The van der Waals surface area contributed by atoms with Crippen LogP contribution in [0.4, 0.5) is 8.78 Å². The summed E-state index contributed by atoms with van der Waals surface area (Å²) in [4.78, 5) is 0. The van der Waals surface area contributed by atoms with Crippen LogP contribution >= 0.6 is 0 Å². The van der Waals surface area contributed by atoms with Gasteiger partial charge in [0, 0.05) is 6.61 Å². The lowest BCUT2D eigenvalue weighted by Crippen LogP contribution is -2.08. The lowest BCUT2D eigenvalue weighted by atomic mass is 10.0. The number of halogens is 2. The number of ether oxygens (including phenoxy) is 1. The third-order valence-corrected chi connectivity index (χ3v) is 3.11. The molecule has 0 aliphatic carbocycles. The molecule has 2 rings (SSSR count). The van der Waals surface area contributed by atoms with Crippen LogP contribution in [0.5, 0.6) is 0 Å². The summed E-state index contributed by atoms with van der Waals surface area (Å²) in [6.07, 6.45) is 2.79. The maximum atomic E-state index is 13.0. The SMILES string of the molecule is OC(CCC1CCCO1)c1ccc(F)c(F)c1. The number of rotatable bonds is 4. The second-order valence-corrected chi connectivity index (χ2v) is 4.40. The number of benzene rings is 1. The summed E-state index contributed by atoms with van der Waals surface area (Å²) in [5, 5.41) is 9.85. The van der Waals surface area contributed by atoms with Crippen molar-refractivity contribution in [2.45, 2.75) is 37.9 Å². The standard InChI is InChI=1S/C13H16F2O2/c14-11-5-3-9(8-12(11)15)13(16)6-4-10-2-1-7-17-10/h3,5,8,10,13,16H,1-2,4,6-7H2. The third-order valence-electron chi connectivity index (χ3n) is 3.11. The van der Waals surface area contributed by atoms with E-state index >= 15 is 0 Å². The zero-order valence-electron chi connectivity index (χ0n) is 9.53. The first-order valence-corrected chi connectivity index (χ1v) is 5.91. The monoisotopic (exact) mass is 242 g/mol. The van der Waals surface area contributed by atoms with Gasteiger partial charge in [0.2, 0.25) is 0 Å². The Hall–Kier alpha value is -1.00. The highest BCUT2D eigenvalue weighted by Gasteiger charge is 2.18. The fourth-order valence-electron chi connectivity index (χ4n) is 2.10. The van der Waals surface area contributed by atoms with Crippen LogP contribution in [-0.4, -0.2) is 17.8 Å². The lowest BCUT2D eigenvalue weighted by molar-refractivity contribution is 0.0811. The van der Waals surface area contributed by atoms with E-state index in [-0.39, 0.29) is 6.10 Å². The Labute approximate surface area is 99.2 Å². The molecule has 0 saturated carbocycles. The zero-order valence-corrected chi connectivity index (χ0v) is 9.53. The fourth-order valence-corrected chi connectivity index (χ4v) is 2.10. The molecular formula is C13H16F2O2. The first-order chi connectivity index (χ1) is 8.16. The Morgan fingerprint density at radius 1 is 1.35 bits per heavy atom. The zero-order chi connectivity index (χ0) is 12.3. The average Bonchev–Trinajstić information content (AvgIpc) is 2.82. The third kappa shape index (κ3) is 3.23. The topological polar surface area (TPSA) is 29.5 Å². The van der Waals surface area contributed by atoms with E-state index in [1.165, 1.54) is 6.07 Å². The Kier molecular flexibility index (Phi) is 4.07. The van der Waals surface area contributed by atoms with Gasteiger partial charge >= 0.3 is 0 Å². The van der Waals surface area contributed by atoms with E-state index < -0.39 is 17.7 Å². The molecule has 1 fully saturated rings. The summed E-state index contributed by atoms with van der Waals surface area (Å²) in [5.74, 6) is -1.81. The predicted molar refractivity (Wildman–Crippen MR) is 59.5 cm³/mol. The summed E-state index contributed by atoms with van der Waals surface area (Å²) in [6, 6.07) is 3.51. The maximum absolute atomic E-state index is 13.0. The highest BCUT2D eigenvalue weighted by atomic mass is 19.2. The summed E-state index contributed by atoms with van der Waals surface area (Å²) in [7, 11) is 0. The number of aliphatic hydroxyl groups excluding tert-OH is 1. The smallest absolute Gasteiger partial charge is 0.159 e. The molecule has 2 unspecified atom stereocenters. The summed E-state index contributed by atoms with van der Waals surface area (Å²) in [5.41, 5.74) is 0.418. The minimum Gasteiger partial charge on any atom is -0.388 e. The van der Waals surface area contributed by atoms with Crippen molar-refractivity contribution < 1.29 is 18.6 Å². The van der Waals surface area contributed by atoms with Gasteiger partial charge in [-0.25, -0.2) is 8.78 Å². The van der Waals surface area contributed by atoms with E-state index in [0.717, 1.165) is 38.0 Å². The highest BCUT2D eigenvalue weighted by molar-refractivity contribution is 5.19. The summed E-state index contributed by atoms with van der Waals surface area (Å²) < 4.78 is 31.1. The average molecular weight is 242 g/mol. The minimum absolute atomic E-state index is 0.204. The highest BCUT2D eigenvalue weighted by Crippen LogP contribution is 2.24. The van der Waals surface area contributed by atoms with E-state index in [9.17, 15) is 13.9 Å². The summed E-state index contributed by atoms with van der Waals surface area (Å²) in [6.45, 7) is 0.784. The Morgan fingerprint density at radius 3 is 2.82 bits per heavy atom. The molecule has 4 heteroatoms. The molecule has 1 aliphatic heterocycles. The summed E-state index contributed by atoms with van der Waals surface area (Å²) >= 11 is 0. The molecule has 1 aromatic rings. The van der Waals surface area contributed by atoms with Gasteiger partial charge in [0.1, 0.15) is 0 Å². The van der Waals surface area contributed by atoms with Gasteiger partial charge in [-0.05, 0) is 43.4 Å². The predicted octanol–water partition coefficient (Wildman–Crippen LogP) is 2.96. The molecule has 2 atom stereocenters. The van der Waals surface area contributed by atoms with Crippen LogP contribution in [0.3, 0.4) is 0 Å². The quantitative estimate of drug-likeness (QED) is 0.879. The van der Waals surface area contributed by atoms with Gasteiger partial charge in [-0.1, -0.05) is 6.07 Å². The molecule has 1 N–H and O–H groups in total. The van der Waals surface area contributed by atoms with Crippen LogP contribution in [0.25, 0.3) is 0 Å². The molecule has 1 heterocycles. The molecule has 1 saturated heterocycles. The van der Waals surface area contributed by atoms with Crippen LogP contribution in [0, 0.1) is 11.6 Å². The van der Waals surface area contributed by atoms with Crippen LogP contribution in [-0.2, 0) is 4.74 Å². The van der Waals surface area contributed by atoms with Gasteiger partial charge in [0.05, 0.1) is 12.2 Å². The second-order valence-electron chi connectivity index (χ2n) is 4.40. The van der Waals surface area contributed by atoms with E-state index in [4.69, 9.17) is 4.74 Å². The number of aliphatic hydroxyl groups is 1. The molecule has 0 aromatic heterocycles. The molecule has 2 nitrogen and oxygen atoms in total. The number of hydrogen-bond acceptors (Lipinski definition) is 2. The van der Waals surface area contributed by atoms with Gasteiger partial charge in [-0.3, -0.25) is 0 Å². The molecule has 94 valence electrons. The molecule has 1 aliphatic rings. The first kappa shape index (κ1) is 12.5. The molecule has 0 spiro atoms. The van der Waals surface area contributed by atoms with Gasteiger partial charge in [0.25, 0.3) is 0 Å². The first-order valence-electron chi connectivity index (χ1n) is 5.91. The van der Waals surface area contributed by atoms with Crippen LogP contribution < -0.4 is 0 Å². The molecule has 1 aromatic carbocycles. The van der Waals surface area contributed by atoms with Gasteiger partial charge in [0.15, 0.2) is 11.6 Å². The Bertz CT molecular complexity index is 376. The molecular weight excluding hydrogens is 226 g/mol. The van der Waals surface area contributed by atoms with Crippen molar-refractivity contribution in [1.29, 1.82) is 0 Å². The van der Waals surface area contributed by atoms with Crippen molar-refractivity contribution in [1.82, 2.24) is 0 Å². The van der Waals surface area contributed by atoms with Crippen molar-refractivity contribution in [2.24, 2.45) is 0 Å². The normalized spacial score (nSPS) is 21.7. The lowest BCUT2D eigenvalue weighted by Gasteiger charge is -2.14. The van der Waals surface area contributed by atoms with Crippen molar-refractivity contribution >= 4 is 0 Å². The van der Waals surface area contributed by atoms with E-state index in [1.54, 1.807) is 0 Å². The van der Waals surface area contributed by atoms with Gasteiger partial charge < -0.3 is 9.84 Å². The van der Waals surface area contributed by atoms with Crippen molar-refractivity contribution in [3.8, 4) is 0 Å². The largest absolute Gasteiger partial charge is 0.388 e. The second kappa shape index (κ2) is 5.56. The Balaban J connectivity index is 1.89. The van der Waals surface area contributed by atoms with Crippen LogP contribution in [0.15, 0.2) is 18.2 Å². The molecule has 0 bridgehead atoms. The molecule has 0 radical (unpaired) electrons. The minimum atomic E-state index is -0.918. The van der Waals surface area contributed by atoms with Crippen molar-refractivity contribution in [3.05, 3.63) is 35.4 Å². The van der Waals surface area contributed by atoms with Crippen molar-refractivity contribution in [2.75, 3.05) is 6.61 Å². The number of hydrogen-bond donors (Lipinski definition) is 1. The van der Waals surface area contributed by atoms with E-state index in [0.29, 0.717) is 12.0 Å². The molecule has 17 heavy (non-hydrogen) atoms. The molecule has 0 amide bonds. The van der Waals surface area contributed by atoms with E-state index in [1.807, 2.05) is 0 Å². The van der Waals surface area contributed by atoms with Gasteiger partial charge in [-0.15, -0.1) is 0 Å².